The Balaban J connectivity index is 0. The van der Waals surface area contributed by atoms with Crippen molar-refractivity contribution in [3.63, 3.8) is 0 Å². The zero-order valence-electron chi connectivity index (χ0n) is 17.3. The van der Waals surface area contributed by atoms with Crippen molar-refractivity contribution < 1.29 is 19.5 Å². The molecule has 5 nitrogen and oxygen atoms in total. The van der Waals surface area contributed by atoms with Gasteiger partial charge in [0.2, 0.25) is 0 Å². The van der Waals surface area contributed by atoms with E-state index in [4.69, 9.17) is 9.94 Å². The molecule has 0 saturated carbocycles. The molecule has 0 aliphatic heterocycles. The Labute approximate surface area is 194 Å². The number of hydrogen-bond acceptors (Lipinski definition) is 4. The molecule has 0 bridgehead atoms. The predicted octanol–water partition coefficient (Wildman–Crippen LogP) is 5.29. The zero-order valence-corrected chi connectivity index (χ0v) is 17.3. The molecule has 0 spiro atoms. The van der Waals surface area contributed by atoms with Crippen LogP contribution in [0.15, 0.2) is 12.2 Å². The molecule has 0 aromatic heterocycles. The van der Waals surface area contributed by atoms with Gasteiger partial charge in [-0.1, -0.05) is 76.9 Å². The van der Waals surface area contributed by atoms with Gasteiger partial charge >= 0.3 is 41.5 Å². The molecule has 0 saturated heterocycles. The Kier molecular flexibility index (Phi) is 26.3. The van der Waals surface area contributed by atoms with Gasteiger partial charge in [0.1, 0.15) is 0 Å². The summed E-state index contributed by atoms with van der Waals surface area (Å²) in [6.07, 6.45) is 22.1. The van der Waals surface area contributed by atoms with E-state index in [1.54, 1.807) is 0 Å². The third-order valence-electron chi connectivity index (χ3n) is 4.52. The van der Waals surface area contributed by atoms with E-state index in [0.29, 0.717) is 6.54 Å². The van der Waals surface area contributed by atoms with Crippen molar-refractivity contribution in [2.24, 2.45) is 0 Å². The monoisotopic (exact) mass is 407 g/mol. The SMILES string of the molecule is CCCCCCCC/C=C\CCCCCCCCNOC(=O)CCC(=O)O.[NaH]. The molecule has 6 heteroatoms. The van der Waals surface area contributed by atoms with Gasteiger partial charge in [-0.2, -0.15) is 5.48 Å². The average Bonchev–Trinajstić information content (AvgIpc) is 2.65. The van der Waals surface area contributed by atoms with E-state index >= 15 is 0 Å². The van der Waals surface area contributed by atoms with Crippen LogP contribution in [0.25, 0.3) is 0 Å². The molecule has 0 rings (SSSR count). The molecule has 0 radical (unpaired) electrons. The Bertz CT molecular complexity index is 389. The van der Waals surface area contributed by atoms with Crippen LogP contribution < -0.4 is 5.48 Å². The summed E-state index contributed by atoms with van der Waals surface area (Å²) in [7, 11) is 0. The number of rotatable bonds is 20. The Hall–Kier alpha value is -0.360. The summed E-state index contributed by atoms with van der Waals surface area (Å²) in [5.41, 5.74) is 2.61. The van der Waals surface area contributed by atoms with Crippen LogP contribution in [0.3, 0.4) is 0 Å². The molecule has 0 fully saturated rings. The number of aliphatic carboxylic acids is 1. The first-order chi connectivity index (χ1) is 13.2. The van der Waals surface area contributed by atoms with Crippen molar-refractivity contribution in [1.29, 1.82) is 0 Å². The molecule has 0 amide bonds. The molecule has 0 aromatic rings. The summed E-state index contributed by atoms with van der Waals surface area (Å²) in [5.74, 6) is -1.50. The van der Waals surface area contributed by atoms with Crippen molar-refractivity contribution in [2.75, 3.05) is 6.54 Å². The van der Waals surface area contributed by atoms with E-state index in [1.165, 1.54) is 77.0 Å². The zero-order chi connectivity index (χ0) is 20.0. The van der Waals surface area contributed by atoms with E-state index in [-0.39, 0.29) is 42.4 Å². The Morgan fingerprint density at radius 3 is 1.82 bits per heavy atom. The summed E-state index contributed by atoms with van der Waals surface area (Å²) >= 11 is 0. The molecule has 2 N–H and O–H groups in total. The fraction of sp³-hybridized carbons (Fsp3) is 0.818. The minimum absolute atomic E-state index is 0. The number of hydrogen-bond donors (Lipinski definition) is 2. The van der Waals surface area contributed by atoms with Crippen molar-refractivity contribution in [3.8, 4) is 0 Å². The third-order valence-corrected chi connectivity index (χ3v) is 4.52. The van der Waals surface area contributed by atoms with E-state index in [1.807, 2.05) is 0 Å². The van der Waals surface area contributed by atoms with Gasteiger partial charge in [0.15, 0.2) is 0 Å². The van der Waals surface area contributed by atoms with Gasteiger partial charge in [0.25, 0.3) is 0 Å². The molecular formula is C22H42NNaO4. The maximum absolute atomic E-state index is 11.2. The van der Waals surface area contributed by atoms with E-state index in [2.05, 4.69) is 24.6 Å². The van der Waals surface area contributed by atoms with Crippen LogP contribution in [0.4, 0.5) is 0 Å². The molecule has 0 aliphatic rings. The van der Waals surface area contributed by atoms with Crippen molar-refractivity contribution in [3.05, 3.63) is 12.2 Å². The molecule has 160 valence electrons. The summed E-state index contributed by atoms with van der Waals surface area (Å²) in [6, 6.07) is 0. The standard InChI is InChI=1S/C22H41NO4.Na.H/c1-2-3-4-5-6-7-8-9-10-11-12-13-14-15-16-17-20-23-27-22(26)19-18-21(24)25;;/h9-10,23H,2-8,11-20H2,1H3,(H,24,25);;/b10-9-;;. The predicted molar refractivity (Wildman–Crippen MR) is 118 cm³/mol. The van der Waals surface area contributed by atoms with Crippen LogP contribution in [0.1, 0.15) is 110 Å². The molecule has 0 unspecified atom stereocenters. The summed E-state index contributed by atoms with van der Waals surface area (Å²) in [5, 5.41) is 8.46. The topological polar surface area (TPSA) is 75.6 Å². The number of carboxylic acid groups (broad SMARTS) is 1. The van der Waals surface area contributed by atoms with Gasteiger partial charge in [0, 0.05) is 6.54 Å². The number of unbranched alkanes of at least 4 members (excludes halogenated alkanes) is 12. The first-order valence-corrected chi connectivity index (χ1v) is 11.0. The fourth-order valence-electron chi connectivity index (χ4n) is 2.84. The Morgan fingerprint density at radius 1 is 0.786 bits per heavy atom. The van der Waals surface area contributed by atoms with Crippen LogP contribution in [-0.4, -0.2) is 53.1 Å². The summed E-state index contributed by atoms with van der Waals surface area (Å²) in [6.45, 7) is 2.88. The maximum atomic E-state index is 11.2. The van der Waals surface area contributed by atoms with Crippen LogP contribution in [0.5, 0.6) is 0 Å². The number of hydroxylamine groups is 1. The summed E-state index contributed by atoms with van der Waals surface area (Å²) < 4.78 is 0. The van der Waals surface area contributed by atoms with Gasteiger partial charge in [-0.25, -0.2) is 0 Å². The van der Waals surface area contributed by atoms with Crippen LogP contribution in [0.2, 0.25) is 0 Å². The first-order valence-electron chi connectivity index (χ1n) is 11.0. The van der Waals surface area contributed by atoms with Crippen molar-refractivity contribution >= 4 is 41.5 Å². The van der Waals surface area contributed by atoms with Gasteiger partial charge < -0.3 is 9.94 Å². The normalized spacial score (nSPS) is 10.8. The molecule has 28 heavy (non-hydrogen) atoms. The number of carbonyl (C=O) groups is 2. The number of nitrogens with one attached hydrogen (secondary N) is 1. The van der Waals surface area contributed by atoms with E-state index in [9.17, 15) is 9.59 Å². The fourth-order valence-corrected chi connectivity index (χ4v) is 2.84. The summed E-state index contributed by atoms with van der Waals surface area (Å²) in [4.78, 5) is 26.2. The van der Waals surface area contributed by atoms with E-state index in [0.717, 1.165) is 12.8 Å². The van der Waals surface area contributed by atoms with Crippen LogP contribution >= 0.6 is 0 Å². The van der Waals surface area contributed by atoms with Crippen LogP contribution in [-0.2, 0) is 14.4 Å². The third kappa shape index (κ3) is 25.6. The van der Waals surface area contributed by atoms with Gasteiger partial charge in [-0.3, -0.25) is 9.59 Å². The number of allylic oxidation sites excluding steroid dienone is 2. The minimum atomic E-state index is -0.986. The average molecular weight is 408 g/mol. The number of carboxylic acids is 1. The molecule has 0 aliphatic carbocycles. The van der Waals surface area contributed by atoms with Crippen molar-refractivity contribution in [1.82, 2.24) is 5.48 Å². The molecule has 0 aromatic carbocycles. The van der Waals surface area contributed by atoms with Gasteiger partial charge in [-0.15, -0.1) is 0 Å². The quantitative estimate of drug-likeness (QED) is 0.124. The Morgan fingerprint density at radius 2 is 1.29 bits per heavy atom. The van der Waals surface area contributed by atoms with Gasteiger partial charge in [-0.05, 0) is 32.1 Å². The second-order valence-corrected chi connectivity index (χ2v) is 7.20. The molecule has 0 heterocycles. The van der Waals surface area contributed by atoms with Crippen molar-refractivity contribution in [2.45, 2.75) is 110 Å². The molecule has 0 atom stereocenters. The van der Waals surface area contributed by atoms with E-state index < -0.39 is 11.9 Å². The first kappa shape index (κ1) is 29.8. The number of carbonyl (C=O) groups excluding carboxylic acids is 1. The second-order valence-electron chi connectivity index (χ2n) is 7.20. The molecular weight excluding hydrogens is 365 g/mol. The van der Waals surface area contributed by atoms with Gasteiger partial charge in [0.05, 0.1) is 12.8 Å². The van der Waals surface area contributed by atoms with Crippen LogP contribution in [0, 0.1) is 0 Å². The second kappa shape index (κ2) is 24.7.